The lowest BCUT2D eigenvalue weighted by Crippen LogP contribution is -2.37. The molecule has 0 aliphatic heterocycles. The van der Waals surface area contributed by atoms with Crippen LogP contribution in [0.1, 0.15) is 46.0 Å². The number of fused-ring (bicyclic) bond motifs is 1. The van der Waals surface area contributed by atoms with Crippen molar-refractivity contribution in [2.75, 3.05) is 24.5 Å². The minimum absolute atomic E-state index is 0.110. The number of benzene rings is 4. The molecule has 4 rings (SSSR count). The first kappa shape index (κ1) is 32.8. The normalized spacial score (nSPS) is 11.2. The smallest absolute Gasteiger partial charge is 0.326 e. The summed E-state index contributed by atoms with van der Waals surface area (Å²) in [6.45, 7) is 1.63. The third-order valence-electron chi connectivity index (χ3n) is 6.74. The van der Waals surface area contributed by atoms with Crippen LogP contribution in [0.25, 0.3) is 10.8 Å². The molecule has 0 spiro atoms. The number of esters is 1. The molecular weight excluding hydrogens is 625 g/mol. The van der Waals surface area contributed by atoms with Gasteiger partial charge in [0.2, 0.25) is 0 Å². The molecule has 0 heterocycles. The molecule has 9 nitrogen and oxygen atoms in total. The molecule has 0 bridgehead atoms. The van der Waals surface area contributed by atoms with Crippen molar-refractivity contribution in [1.82, 2.24) is 10.6 Å². The highest BCUT2D eigenvalue weighted by molar-refractivity contribution is 7.93. The summed E-state index contributed by atoms with van der Waals surface area (Å²) in [7, 11) is -2.84. The minimum Gasteiger partial charge on any atom is -0.464 e. The first-order valence-corrected chi connectivity index (χ1v) is 16.0. The number of hydrogen-bond donors (Lipinski definition) is 2. The van der Waals surface area contributed by atoms with Crippen LogP contribution in [0.3, 0.4) is 0 Å². The summed E-state index contributed by atoms with van der Waals surface area (Å²) >= 11 is 12.3. The van der Waals surface area contributed by atoms with Crippen molar-refractivity contribution in [3.63, 3.8) is 0 Å². The molecule has 0 aliphatic rings. The fourth-order valence-electron chi connectivity index (χ4n) is 4.55. The summed E-state index contributed by atoms with van der Waals surface area (Å²) in [5, 5.41) is 6.53. The van der Waals surface area contributed by atoms with E-state index in [2.05, 4.69) is 10.6 Å². The van der Waals surface area contributed by atoms with E-state index in [-0.39, 0.29) is 39.7 Å². The maximum Gasteiger partial charge on any atom is 0.326 e. The van der Waals surface area contributed by atoms with Crippen LogP contribution in [0, 0.1) is 0 Å². The Morgan fingerprint density at radius 3 is 2.25 bits per heavy atom. The van der Waals surface area contributed by atoms with Gasteiger partial charge in [0.25, 0.3) is 21.8 Å². The molecule has 0 aromatic heterocycles. The Balaban J connectivity index is 1.72. The molecule has 0 saturated heterocycles. The van der Waals surface area contributed by atoms with Crippen molar-refractivity contribution in [2.45, 2.75) is 31.2 Å². The van der Waals surface area contributed by atoms with E-state index in [9.17, 15) is 22.8 Å². The topological polar surface area (TPSA) is 122 Å². The van der Waals surface area contributed by atoms with Crippen LogP contribution in [0.15, 0.2) is 83.8 Å². The Morgan fingerprint density at radius 1 is 0.864 bits per heavy atom. The van der Waals surface area contributed by atoms with E-state index in [4.69, 9.17) is 27.9 Å². The van der Waals surface area contributed by atoms with Crippen LogP contribution in [0.2, 0.25) is 10.0 Å². The second-order valence-corrected chi connectivity index (χ2v) is 12.6. The lowest BCUT2D eigenvalue weighted by Gasteiger charge is -2.25. The quantitative estimate of drug-likeness (QED) is 0.143. The van der Waals surface area contributed by atoms with Gasteiger partial charge in [-0.05, 0) is 59.8 Å². The van der Waals surface area contributed by atoms with Crippen molar-refractivity contribution in [1.29, 1.82) is 0 Å². The highest BCUT2D eigenvalue weighted by atomic mass is 35.5. The average molecular weight is 657 g/mol. The van der Waals surface area contributed by atoms with Crippen LogP contribution in [0.4, 0.5) is 5.69 Å². The number of hydrogen-bond acceptors (Lipinski definition) is 6. The second kappa shape index (κ2) is 14.6. The molecule has 0 unspecified atom stereocenters. The molecular formula is C32H31Cl2N3O6S. The van der Waals surface area contributed by atoms with Gasteiger partial charge < -0.3 is 15.4 Å². The fraction of sp³-hybridized carbons (Fsp3) is 0.219. The summed E-state index contributed by atoms with van der Waals surface area (Å²) in [4.78, 5) is 38.0. The summed E-state index contributed by atoms with van der Waals surface area (Å²) in [6, 6.07) is 20.6. The Hall–Kier alpha value is -4.12. The first-order valence-electron chi connectivity index (χ1n) is 13.8. The maximum absolute atomic E-state index is 14.0. The van der Waals surface area contributed by atoms with Crippen molar-refractivity contribution < 1.29 is 27.5 Å². The first-order chi connectivity index (χ1) is 21.0. The zero-order valence-corrected chi connectivity index (χ0v) is 26.4. The van der Waals surface area contributed by atoms with Gasteiger partial charge >= 0.3 is 5.97 Å². The van der Waals surface area contributed by atoms with Crippen molar-refractivity contribution in [2.24, 2.45) is 0 Å². The third kappa shape index (κ3) is 7.68. The molecule has 0 fully saturated rings. The monoisotopic (exact) mass is 655 g/mol. The molecule has 4 aromatic carbocycles. The Bertz CT molecular complexity index is 1790. The number of carbonyl (C=O) groups excluding carboxylic acids is 3. The van der Waals surface area contributed by atoms with Gasteiger partial charge in [-0.2, -0.15) is 0 Å². The summed E-state index contributed by atoms with van der Waals surface area (Å²) in [5.41, 5.74) is 1.64. The number of rotatable bonds is 12. The van der Waals surface area contributed by atoms with Gasteiger partial charge in [0, 0.05) is 40.2 Å². The highest BCUT2D eigenvalue weighted by Crippen LogP contribution is 2.34. The van der Waals surface area contributed by atoms with Gasteiger partial charge in [-0.25, -0.2) is 8.42 Å². The number of unbranched alkanes of at least 4 members (excludes halogenated alkanes) is 1. The van der Waals surface area contributed by atoms with Crippen LogP contribution in [-0.4, -0.2) is 46.4 Å². The molecule has 2 amide bonds. The van der Waals surface area contributed by atoms with Gasteiger partial charge in [-0.1, -0.05) is 72.9 Å². The van der Waals surface area contributed by atoms with Crippen molar-refractivity contribution >= 4 is 67.5 Å². The highest BCUT2D eigenvalue weighted by Gasteiger charge is 2.30. The number of amides is 2. The Kier molecular flexibility index (Phi) is 10.9. The van der Waals surface area contributed by atoms with Crippen molar-refractivity contribution in [3.05, 3.63) is 106 Å². The van der Waals surface area contributed by atoms with E-state index >= 15 is 0 Å². The van der Waals surface area contributed by atoms with E-state index in [1.807, 2.05) is 6.92 Å². The zero-order chi connectivity index (χ0) is 31.9. The number of anilines is 1. The minimum atomic E-state index is -4.38. The van der Waals surface area contributed by atoms with E-state index in [1.165, 1.54) is 25.2 Å². The van der Waals surface area contributed by atoms with Gasteiger partial charge in [-0.15, -0.1) is 0 Å². The fourth-order valence-corrected chi connectivity index (χ4v) is 6.71. The van der Waals surface area contributed by atoms with E-state index in [0.717, 1.165) is 16.3 Å². The number of sulfonamides is 1. The van der Waals surface area contributed by atoms with E-state index in [0.29, 0.717) is 28.3 Å². The maximum atomic E-state index is 14.0. The van der Waals surface area contributed by atoms with Gasteiger partial charge in [0.15, 0.2) is 0 Å². The molecule has 12 heteroatoms. The Morgan fingerprint density at radius 2 is 1.55 bits per heavy atom. The average Bonchev–Trinajstić information content (AvgIpc) is 3.01. The number of ether oxygens (including phenoxy) is 1. The molecule has 0 radical (unpaired) electrons. The number of nitrogens with one attached hydrogen (secondary N) is 2. The summed E-state index contributed by atoms with van der Waals surface area (Å²) < 4.78 is 34.3. The van der Waals surface area contributed by atoms with Gasteiger partial charge in [-0.3, -0.25) is 18.7 Å². The number of nitrogens with zero attached hydrogens (tertiary/aromatic N) is 1. The number of carbonyl (C=O) groups is 3. The summed E-state index contributed by atoms with van der Waals surface area (Å²) in [6.07, 6.45) is 1.43. The lowest BCUT2D eigenvalue weighted by atomic mass is 10.0. The van der Waals surface area contributed by atoms with Crippen molar-refractivity contribution in [3.8, 4) is 0 Å². The molecule has 4 aromatic rings. The van der Waals surface area contributed by atoms with Crippen LogP contribution in [-0.2, 0) is 26.1 Å². The predicted molar refractivity (Wildman–Crippen MR) is 172 cm³/mol. The number of halogens is 2. The molecule has 230 valence electrons. The Labute approximate surface area is 266 Å². The SMILES string of the molecule is CCCCOC(=O)CN(c1cccc2c(C(=O)NCc3cccc(C(=O)NC)c3)cccc12)S(=O)(=O)c1cc(Cl)cc(Cl)c1. The molecule has 2 N–H and O–H groups in total. The second-order valence-electron chi connectivity index (χ2n) is 9.83. The molecule has 44 heavy (non-hydrogen) atoms. The third-order valence-corrected chi connectivity index (χ3v) is 8.91. The van der Waals surface area contributed by atoms with Gasteiger partial charge in [0.05, 0.1) is 17.2 Å². The van der Waals surface area contributed by atoms with Crippen LogP contribution < -0.4 is 14.9 Å². The predicted octanol–water partition coefficient (Wildman–Crippen LogP) is 5.97. The standard InChI is InChI=1S/C32H31Cl2N3O6S/c1-3-4-14-43-30(38)20-37(44(41,42)25-17-23(33)16-24(34)18-25)29-13-7-10-26-27(29)11-6-12-28(26)32(40)36-19-21-8-5-9-22(15-21)31(39)35-2/h5-13,15-18H,3-4,14,19-20H2,1-2H3,(H,35,39)(H,36,40). The van der Waals surface area contributed by atoms with Crippen LogP contribution >= 0.6 is 23.2 Å². The zero-order valence-electron chi connectivity index (χ0n) is 24.1. The molecule has 0 aliphatic carbocycles. The molecule has 0 atom stereocenters. The largest absolute Gasteiger partial charge is 0.464 e. The summed E-state index contributed by atoms with van der Waals surface area (Å²) in [5.74, 6) is -1.39. The molecule has 0 saturated carbocycles. The van der Waals surface area contributed by atoms with E-state index in [1.54, 1.807) is 60.7 Å². The lowest BCUT2D eigenvalue weighted by molar-refractivity contribution is -0.141. The van der Waals surface area contributed by atoms with Gasteiger partial charge in [0.1, 0.15) is 6.54 Å². The van der Waals surface area contributed by atoms with Crippen LogP contribution in [0.5, 0.6) is 0 Å². The van der Waals surface area contributed by atoms with E-state index < -0.39 is 28.4 Å².